The molecule has 0 aliphatic heterocycles. The van der Waals surface area contributed by atoms with Crippen molar-refractivity contribution in [2.75, 3.05) is 26.7 Å². The number of carbonyl (C=O) groups excluding carboxylic acids is 1. The van der Waals surface area contributed by atoms with E-state index < -0.39 is 0 Å². The topological polar surface area (TPSA) is 74.8 Å². The lowest BCUT2D eigenvalue weighted by Gasteiger charge is -2.12. The highest BCUT2D eigenvalue weighted by atomic mass is 35.5. The largest absolute Gasteiger partial charge is 0.497 e. The van der Waals surface area contributed by atoms with Crippen LogP contribution in [0.5, 0.6) is 5.75 Å². The summed E-state index contributed by atoms with van der Waals surface area (Å²) in [5.74, 6) is 1.43. The monoisotopic (exact) mass is 416 g/mol. The molecule has 29 heavy (non-hydrogen) atoms. The highest BCUT2D eigenvalue weighted by molar-refractivity contribution is 6.31. The van der Waals surface area contributed by atoms with E-state index in [0.29, 0.717) is 30.2 Å². The molecular weight excluding hydrogens is 388 g/mol. The summed E-state index contributed by atoms with van der Waals surface area (Å²) in [7, 11) is 1.62. The number of carbonyl (C=O) groups is 1. The zero-order valence-electron chi connectivity index (χ0n) is 17.2. The van der Waals surface area contributed by atoms with Crippen molar-refractivity contribution in [1.82, 2.24) is 16.0 Å². The lowest BCUT2D eigenvalue weighted by Crippen LogP contribution is -2.38. The van der Waals surface area contributed by atoms with Crippen LogP contribution >= 0.6 is 11.6 Å². The Bertz CT molecular complexity index is 822. The quantitative estimate of drug-likeness (QED) is 0.432. The maximum Gasteiger partial charge on any atom is 0.251 e. The number of ether oxygens (including phenoxy) is 1. The van der Waals surface area contributed by atoms with Crippen LogP contribution in [0.4, 0.5) is 0 Å². The third-order valence-electron chi connectivity index (χ3n) is 4.26. The summed E-state index contributed by atoms with van der Waals surface area (Å²) < 4.78 is 5.18. The van der Waals surface area contributed by atoms with Crippen LogP contribution in [0.2, 0.25) is 5.02 Å². The SMILES string of the molecule is CCNC(=O)c1ccc(CN=C(NCC)NCCc2ccc(OC)cc2Cl)cc1. The molecule has 0 fully saturated rings. The molecule has 156 valence electrons. The van der Waals surface area contributed by atoms with Crippen molar-refractivity contribution in [1.29, 1.82) is 0 Å². The van der Waals surface area contributed by atoms with Crippen molar-refractivity contribution < 1.29 is 9.53 Å². The van der Waals surface area contributed by atoms with E-state index in [2.05, 4.69) is 20.9 Å². The molecule has 0 heterocycles. The molecule has 0 radical (unpaired) electrons. The van der Waals surface area contributed by atoms with Gasteiger partial charge in [0.05, 0.1) is 13.7 Å². The van der Waals surface area contributed by atoms with E-state index in [1.54, 1.807) is 7.11 Å². The molecule has 2 aromatic rings. The van der Waals surface area contributed by atoms with Gasteiger partial charge < -0.3 is 20.7 Å². The van der Waals surface area contributed by atoms with Crippen LogP contribution in [0.25, 0.3) is 0 Å². The smallest absolute Gasteiger partial charge is 0.251 e. The van der Waals surface area contributed by atoms with Crippen molar-refractivity contribution in [2.24, 2.45) is 4.99 Å². The molecule has 0 spiro atoms. The molecule has 0 saturated heterocycles. The minimum absolute atomic E-state index is 0.0604. The Morgan fingerprint density at radius 1 is 1.03 bits per heavy atom. The summed E-state index contributed by atoms with van der Waals surface area (Å²) >= 11 is 6.30. The fourth-order valence-corrected chi connectivity index (χ4v) is 2.97. The second-order valence-electron chi connectivity index (χ2n) is 6.39. The fraction of sp³-hybridized carbons (Fsp3) is 0.364. The van der Waals surface area contributed by atoms with Crippen LogP contribution in [0.15, 0.2) is 47.5 Å². The van der Waals surface area contributed by atoms with Gasteiger partial charge in [0.1, 0.15) is 5.75 Å². The number of guanidine groups is 1. The van der Waals surface area contributed by atoms with Gasteiger partial charge in [-0.2, -0.15) is 0 Å². The van der Waals surface area contributed by atoms with Crippen molar-refractivity contribution in [3.63, 3.8) is 0 Å². The Hall–Kier alpha value is -2.73. The average Bonchev–Trinajstić information content (AvgIpc) is 2.73. The first-order chi connectivity index (χ1) is 14.1. The van der Waals surface area contributed by atoms with Gasteiger partial charge in [-0.15, -0.1) is 0 Å². The van der Waals surface area contributed by atoms with E-state index in [9.17, 15) is 4.79 Å². The molecular formula is C22H29ClN4O2. The molecule has 1 amide bonds. The molecule has 6 nitrogen and oxygen atoms in total. The van der Waals surface area contributed by atoms with E-state index in [1.807, 2.05) is 56.3 Å². The number of halogens is 1. The maximum atomic E-state index is 11.8. The van der Waals surface area contributed by atoms with Gasteiger partial charge in [-0.3, -0.25) is 4.79 Å². The van der Waals surface area contributed by atoms with Gasteiger partial charge in [-0.05, 0) is 55.7 Å². The Balaban J connectivity index is 1.91. The van der Waals surface area contributed by atoms with Gasteiger partial charge in [0, 0.05) is 30.2 Å². The Kier molecular flexibility index (Phi) is 9.31. The van der Waals surface area contributed by atoms with Crippen LogP contribution < -0.4 is 20.7 Å². The first kappa shape index (κ1) is 22.6. The number of aliphatic imine (C=N–C) groups is 1. The maximum absolute atomic E-state index is 11.8. The fourth-order valence-electron chi connectivity index (χ4n) is 2.71. The number of amides is 1. The van der Waals surface area contributed by atoms with Crippen molar-refractivity contribution in [3.05, 3.63) is 64.2 Å². The Labute approximate surface area is 177 Å². The van der Waals surface area contributed by atoms with E-state index in [0.717, 1.165) is 35.8 Å². The number of hydrogen-bond donors (Lipinski definition) is 3. The summed E-state index contributed by atoms with van der Waals surface area (Å²) in [6.45, 7) is 6.54. The summed E-state index contributed by atoms with van der Waals surface area (Å²) in [4.78, 5) is 16.4. The molecule has 0 saturated carbocycles. The second-order valence-corrected chi connectivity index (χ2v) is 6.79. The van der Waals surface area contributed by atoms with E-state index in [1.165, 1.54) is 0 Å². The first-order valence-electron chi connectivity index (χ1n) is 9.79. The number of methoxy groups -OCH3 is 1. The summed E-state index contributed by atoms with van der Waals surface area (Å²) in [5.41, 5.74) is 2.74. The minimum atomic E-state index is -0.0604. The standard InChI is InChI=1S/C22H29ClN4O2/c1-4-24-21(28)18-8-6-16(7-9-18)15-27-22(25-5-2)26-13-12-17-10-11-19(29-3)14-20(17)23/h6-11,14H,4-5,12-13,15H2,1-3H3,(H,24,28)(H2,25,26,27). The van der Waals surface area contributed by atoms with Crippen molar-refractivity contribution >= 4 is 23.5 Å². The summed E-state index contributed by atoms with van der Waals surface area (Å²) in [5, 5.41) is 10.1. The number of nitrogens with zero attached hydrogens (tertiary/aromatic N) is 1. The minimum Gasteiger partial charge on any atom is -0.497 e. The third-order valence-corrected chi connectivity index (χ3v) is 4.62. The molecule has 0 atom stereocenters. The molecule has 3 N–H and O–H groups in total. The van der Waals surface area contributed by atoms with Gasteiger partial charge >= 0.3 is 0 Å². The molecule has 0 bridgehead atoms. The average molecular weight is 417 g/mol. The third kappa shape index (κ3) is 7.31. The van der Waals surface area contributed by atoms with E-state index in [-0.39, 0.29) is 5.91 Å². The normalized spacial score (nSPS) is 11.1. The number of nitrogens with one attached hydrogen (secondary N) is 3. The molecule has 0 aliphatic rings. The van der Waals surface area contributed by atoms with Gasteiger partial charge in [0.2, 0.25) is 0 Å². The van der Waals surface area contributed by atoms with E-state index >= 15 is 0 Å². The van der Waals surface area contributed by atoms with Crippen LogP contribution in [-0.2, 0) is 13.0 Å². The van der Waals surface area contributed by atoms with Gasteiger partial charge in [0.25, 0.3) is 5.91 Å². The summed E-state index contributed by atoms with van der Waals surface area (Å²) in [6.07, 6.45) is 0.772. The molecule has 2 aromatic carbocycles. The molecule has 0 unspecified atom stereocenters. The van der Waals surface area contributed by atoms with Gasteiger partial charge in [0.15, 0.2) is 5.96 Å². The Morgan fingerprint density at radius 2 is 1.76 bits per heavy atom. The number of hydrogen-bond acceptors (Lipinski definition) is 3. The van der Waals surface area contributed by atoms with Crippen molar-refractivity contribution in [2.45, 2.75) is 26.8 Å². The van der Waals surface area contributed by atoms with Crippen LogP contribution in [-0.4, -0.2) is 38.6 Å². The zero-order valence-corrected chi connectivity index (χ0v) is 18.0. The predicted molar refractivity (Wildman–Crippen MR) is 119 cm³/mol. The highest BCUT2D eigenvalue weighted by Crippen LogP contribution is 2.22. The van der Waals surface area contributed by atoms with Gasteiger partial charge in [-0.1, -0.05) is 29.8 Å². The zero-order chi connectivity index (χ0) is 21.1. The van der Waals surface area contributed by atoms with Crippen LogP contribution in [0.3, 0.4) is 0 Å². The van der Waals surface area contributed by atoms with Crippen molar-refractivity contribution in [3.8, 4) is 5.75 Å². The second kappa shape index (κ2) is 12.0. The molecule has 2 rings (SSSR count). The Morgan fingerprint density at radius 3 is 2.38 bits per heavy atom. The van der Waals surface area contributed by atoms with Gasteiger partial charge in [-0.25, -0.2) is 4.99 Å². The number of rotatable bonds is 9. The van der Waals surface area contributed by atoms with E-state index in [4.69, 9.17) is 16.3 Å². The summed E-state index contributed by atoms with van der Waals surface area (Å²) in [6, 6.07) is 13.2. The first-order valence-corrected chi connectivity index (χ1v) is 10.2. The molecule has 0 aliphatic carbocycles. The number of benzene rings is 2. The lowest BCUT2D eigenvalue weighted by molar-refractivity contribution is 0.0956. The molecule has 0 aromatic heterocycles. The lowest BCUT2D eigenvalue weighted by atomic mass is 10.1. The van der Waals surface area contributed by atoms with Crippen LogP contribution in [0.1, 0.15) is 35.3 Å². The molecule has 7 heteroatoms. The highest BCUT2D eigenvalue weighted by Gasteiger charge is 2.05. The predicted octanol–water partition coefficient (Wildman–Crippen LogP) is 3.40. The van der Waals surface area contributed by atoms with Crippen LogP contribution in [0, 0.1) is 0 Å².